The SMILES string of the molecule is [2H]/C(=C/CCCCCCCC(=O)O)C([2H])([2H])C([2H])([2H])C([2H])([2H])C([2H])([2H])C([2H])([2H])C([2H])([2H])[2H]. The summed E-state index contributed by atoms with van der Waals surface area (Å²) < 4.78 is 108. The molecule has 106 valence electrons. The van der Waals surface area contributed by atoms with Crippen molar-refractivity contribution in [2.45, 2.75) is 83.7 Å². The lowest BCUT2D eigenvalue weighted by Crippen LogP contribution is -1.93. The minimum absolute atomic E-state index is 0.0568. The molecule has 0 bridgehead atoms. The smallest absolute Gasteiger partial charge is 0.303 e. The van der Waals surface area contributed by atoms with Gasteiger partial charge in [0.1, 0.15) is 0 Å². The maximum absolute atomic E-state index is 10.4. The van der Waals surface area contributed by atoms with Gasteiger partial charge in [-0.1, -0.05) is 57.4 Å². The monoisotopic (exact) mass is 268 g/mol. The summed E-state index contributed by atoms with van der Waals surface area (Å²) in [6, 6.07) is -0.970. The molecule has 0 saturated carbocycles. The van der Waals surface area contributed by atoms with Crippen LogP contribution in [0, 0.1) is 0 Å². The van der Waals surface area contributed by atoms with Gasteiger partial charge in [-0.25, -0.2) is 0 Å². The van der Waals surface area contributed by atoms with Crippen LogP contribution in [-0.4, -0.2) is 11.1 Å². The number of unbranched alkanes of at least 4 members (excludes halogenated alkanes) is 5. The molecule has 0 aliphatic rings. The van der Waals surface area contributed by atoms with E-state index >= 15 is 0 Å². The lowest BCUT2D eigenvalue weighted by Gasteiger charge is -1.98. The highest BCUT2D eigenvalue weighted by Gasteiger charge is 1.95. The number of hydrogen-bond acceptors (Lipinski definition) is 1. The summed E-state index contributed by atoms with van der Waals surface area (Å²) in [6.07, 6.45) is -14.8. The maximum Gasteiger partial charge on any atom is 0.303 e. The van der Waals surface area contributed by atoms with Crippen LogP contribution in [0.25, 0.3) is 0 Å². The van der Waals surface area contributed by atoms with Crippen LogP contribution in [0.2, 0.25) is 0 Å². The Morgan fingerprint density at radius 3 is 2.78 bits per heavy atom. The molecule has 0 aliphatic carbocycles. The van der Waals surface area contributed by atoms with E-state index in [1.54, 1.807) is 0 Å². The average Bonchev–Trinajstić information content (AvgIpc) is 2.61. The quantitative estimate of drug-likeness (QED) is 0.362. The van der Waals surface area contributed by atoms with Crippen LogP contribution in [0.4, 0.5) is 0 Å². The normalized spacial score (nSPS) is 27.9. The number of carboxylic acids is 1. The van der Waals surface area contributed by atoms with E-state index in [-0.39, 0.29) is 12.8 Å². The van der Waals surface area contributed by atoms with Gasteiger partial charge in [-0.2, -0.15) is 0 Å². The highest BCUT2D eigenvalue weighted by molar-refractivity contribution is 5.66. The predicted molar refractivity (Wildman–Crippen MR) is 77.9 cm³/mol. The van der Waals surface area contributed by atoms with Gasteiger partial charge in [0.25, 0.3) is 0 Å². The first-order valence-corrected chi connectivity index (χ1v) is 5.98. The van der Waals surface area contributed by atoms with E-state index in [2.05, 4.69) is 0 Å². The maximum atomic E-state index is 10.4. The van der Waals surface area contributed by atoms with Crippen LogP contribution in [-0.2, 0) is 4.79 Å². The molecule has 0 spiro atoms. The van der Waals surface area contributed by atoms with Gasteiger partial charge in [0.05, 0.1) is 1.37 Å². The Kier molecular flexibility index (Phi) is 3.93. The number of carboxylic acid groups (broad SMARTS) is 1. The largest absolute Gasteiger partial charge is 0.481 e. The molecule has 0 amide bonds. The topological polar surface area (TPSA) is 37.3 Å². The molecule has 0 heterocycles. The Morgan fingerprint density at radius 1 is 1.22 bits per heavy atom. The molecule has 2 heteroatoms. The molecule has 0 fully saturated rings. The lowest BCUT2D eigenvalue weighted by atomic mass is 10.1. The van der Waals surface area contributed by atoms with Crippen LogP contribution in [0.15, 0.2) is 12.1 Å². The number of allylic oxidation sites excluding steroid dienone is 2. The van der Waals surface area contributed by atoms with Gasteiger partial charge in [-0.3, -0.25) is 4.79 Å². The van der Waals surface area contributed by atoms with Gasteiger partial charge in [0, 0.05) is 24.2 Å². The molecule has 0 radical (unpaired) electrons. The Hall–Kier alpha value is -0.790. The van der Waals surface area contributed by atoms with E-state index in [0.717, 1.165) is 6.08 Å². The van der Waals surface area contributed by atoms with E-state index in [9.17, 15) is 4.79 Å². The van der Waals surface area contributed by atoms with Crippen LogP contribution in [0.1, 0.15) is 103 Å². The summed E-state index contributed by atoms with van der Waals surface area (Å²) in [5.74, 6) is -0.889. The third-order valence-corrected chi connectivity index (χ3v) is 2.16. The first-order chi connectivity index (χ1) is 14.1. The van der Waals surface area contributed by atoms with Crippen molar-refractivity contribution in [3.05, 3.63) is 12.1 Å². The van der Waals surface area contributed by atoms with Gasteiger partial charge >= 0.3 is 5.97 Å². The second kappa shape index (κ2) is 14.3. The van der Waals surface area contributed by atoms with Crippen molar-refractivity contribution in [1.29, 1.82) is 0 Å². The Bertz CT molecular complexity index is 666. The lowest BCUT2D eigenvalue weighted by molar-refractivity contribution is -0.137. The van der Waals surface area contributed by atoms with Crippen LogP contribution in [0.3, 0.4) is 0 Å². The number of aliphatic carboxylic acids is 1. The fourth-order valence-electron chi connectivity index (χ4n) is 1.31. The molecule has 0 saturated heterocycles. The predicted octanol–water partition coefficient (Wildman–Crippen LogP) is 5.33. The summed E-state index contributed by atoms with van der Waals surface area (Å²) in [7, 11) is 0. The minimum atomic E-state index is -3.97. The molecular weight excluding hydrogens is 224 g/mol. The number of rotatable bonds is 13. The summed E-state index contributed by atoms with van der Waals surface area (Å²) >= 11 is 0. The molecular formula is C16H30O2. The molecule has 0 rings (SSSR count). The van der Waals surface area contributed by atoms with Crippen molar-refractivity contribution in [2.75, 3.05) is 0 Å². The average molecular weight is 268 g/mol. The Labute approximate surface area is 132 Å². The zero-order chi connectivity index (χ0) is 25.8. The van der Waals surface area contributed by atoms with Crippen molar-refractivity contribution >= 4 is 5.97 Å². The van der Waals surface area contributed by atoms with E-state index in [1.165, 1.54) is 0 Å². The highest BCUT2D eigenvalue weighted by Crippen LogP contribution is 2.08. The van der Waals surface area contributed by atoms with Crippen LogP contribution >= 0.6 is 0 Å². The van der Waals surface area contributed by atoms with E-state index in [1.807, 2.05) is 0 Å². The third-order valence-electron chi connectivity index (χ3n) is 2.16. The number of hydrogen-bond donors (Lipinski definition) is 1. The van der Waals surface area contributed by atoms with E-state index in [0.29, 0.717) is 32.1 Å². The molecule has 0 atom stereocenters. The third kappa shape index (κ3) is 15.2. The fraction of sp³-hybridized carbons (Fsp3) is 0.812. The summed E-state index contributed by atoms with van der Waals surface area (Å²) in [5, 5.41) is 8.56. The second-order valence-electron chi connectivity index (χ2n) is 3.67. The van der Waals surface area contributed by atoms with Crippen molar-refractivity contribution < 1.29 is 29.1 Å². The molecule has 2 nitrogen and oxygen atoms in total. The van der Waals surface area contributed by atoms with Crippen molar-refractivity contribution in [2.24, 2.45) is 0 Å². The van der Waals surface area contributed by atoms with Crippen LogP contribution < -0.4 is 0 Å². The molecule has 0 aromatic carbocycles. The Morgan fingerprint density at radius 2 is 2.00 bits per heavy atom. The number of carbonyl (C=O) groups is 1. The van der Waals surface area contributed by atoms with Crippen molar-refractivity contribution in [3.8, 4) is 0 Å². The molecule has 18 heavy (non-hydrogen) atoms. The summed E-state index contributed by atoms with van der Waals surface area (Å²) in [5.41, 5.74) is 0. The van der Waals surface area contributed by atoms with Gasteiger partial charge < -0.3 is 5.11 Å². The van der Waals surface area contributed by atoms with Gasteiger partial charge in [0.2, 0.25) is 0 Å². The zero-order valence-corrected chi connectivity index (χ0v) is 10.4. The summed E-state index contributed by atoms with van der Waals surface area (Å²) in [6.45, 7) is -3.66. The zero-order valence-electron chi connectivity index (χ0n) is 24.4. The van der Waals surface area contributed by atoms with Crippen LogP contribution in [0.5, 0.6) is 0 Å². The molecule has 0 unspecified atom stereocenters. The van der Waals surface area contributed by atoms with Gasteiger partial charge in [-0.15, -0.1) is 0 Å². The van der Waals surface area contributed by atoms with E-state index < -0.39 is 50.7 Å². The standard InChI is InChI=1S/C16H30O2/c1-2-3-4-5-6-7-8-9-10-11-12-13-14-15-16(17)18/h7-8H,2-6,9-15H2,1H3,(H,17,18)/b8-7-/i1D3,2D2,3D2,4D2,5D2,6D2,7D. The molecule has 1 N–H and O–H groups in total. The second-order valence-corrected chi connectivity index (χ2v) is 3.67. The fourth-order valence-corrected chi connectivity index (χ4v) is 1.31. The van der Waals surface area contributed by atoms with Gasteiger partial charge in [0.15, 0.2) is 0 Å². The van der Waals surface area contributed by atoms with Gasteiger partial charge in [-0.05, 0) is 32.0 Å². The Balaban J connectivity index is 5.44. The van der Waals surface area contributed by atoms with Crippen molar-refractivity contribution in [1.82, 2.24) is 0 Å². The van der Waals surface area contributed by atoms with Crippen molar-refractivity contribution in [3.63, 3.8) is 0 Å². The summed E-state index contributed by atoms with van der Waals surface area (Å²) in [4.78, 5) is 10.4. The molecule has 0 aliphatic heterocycles. The molecule has 0 aromatic rings. The molecule has 0 aromatic heterocycles. The first kappa shape index (κ1) is 4.96. The highest BCUT2D eigenvalue weighted by atomic mass is 16.4. The minimum Gasteiger partial charge on any atom is -0.481 e. The first-order valence-electron chi connectivity index (χ1n) is 13.0. The van der Waals surface area contributed by atoms with E-state index in [4.69, 9.17) is 24.3 Å².